The minimum Gasteiger partial charge on any atom is -0.476 e. The highest BCUT2D eigenvalue weighted by Crippen LogP contribution is 2.26. The maximum absolute atomic E-state index is 5.90. The zero-order valence-electron chi connectivity index (χ0n) is 11.9. The van der Waals surface area contributed by atoms with Crippen LogP contribution in [0.1, 0.15) is 18.5 Å². The minimum atomic E-state index is 0.434. The van der Waals surface area contributed by atoms with Gasteiger partial charge in [-0.1, -0.05) is 18.2 Å². The molecule has 4 heteroatoms. The number of fused-ring (bicyclic) bond motifs is 1. The van der Waals surface area contributed by atoms with Gasteiger partial charge in [0.1, 0.15) is 6.61 Å². The van der Waals surface area contributed by atoms with Crippen molar-refractivity contribution in [2.24, 2.45) is 5.73 Å². The molecule has 1 heterocycles. The van der Waals surface area contributed by atoms with Gasteiger partial charge in [-0.15, -0.1) is 0 Å². The van der Waals surface area contributed by atoms with Gasteiger partial charge in [-0.2, -0.15) is 0 Å². The molecule has 0 aliphatic heterocycles. The van der Waals surface area contributed by atoms with Gasteiger partial charge < -0.3 is 15.4 Å². The first-order chi connectivity index (χ1) is 9.78. The van der Waals surface area contributed by atoms with Crippen LogP contribution in [-0.2, 0) is 6.54 Å². The molecule has 0 atom stereocenters. The van der Waals surface area contributed by atoms with Crippen LogP contribution in [0, 0.1) is 0 Å². The first-order valence-electron chi connectivity index (χ1n) is 7.19. The van der Waals surface area contributed by atoms with Crippen LogP contribution in [0.15, 0.2) is 30.3 Å². The summed E-state index contributed by atoms with van der Waals surface area (Å²) in [6, 6.07) is 10.9. The summed E-state index contributed by atoms with van der Waals surface area (Å²) in [5.41, 5.74) is 6.58. The second-order valence-electron chi connectivity index (χ2n) is 5.40. The topological polar surface area (TPSA) is 51.4 Å². The fourth-order valence-electron chi connectivity index (χ4n) is 2.42. The van der Waals surface area contributed by atoms with Crippen molar-refractivity contribution < 1.29 is 4.74 Å². The van der Waals surface area contributed by atoms with Crippen LogP contribution >= 0.6 is 0 Å². The zero-order valence-corrected chi connectivity index (χ0v) is 11.9. The third-order valence-electron chi connectivity index (χ3n) is 3.82. The summed E-state index contributed by atoms with van der Waals surface area (Å²) in [6.45, 7) is 2.04. The Balaban J connectivity index is 1.75. The van der Waals surface area contributed by atoms with Crippen molar-refractivity contribution >= 4 is 10.8 Å². The summed E-state index contributed by atoms with van der Waals surface area (Å²) in [5.74, 6) is 0.702. The van der Waals surface area contributed by atoms with Gasteiger partial charge in [0, 0.05) is 24.5 Å². The summed E-state index contributed by atoms with van der Waals surface area (Å²) in [5, 5.41) is 2.19. The molecule has 1 aromatic carbocycles. The van der Waals surface area contributed by atoms with E-state index in [0.717, 1.165) is 29.1 Å². The van der Waals surface area contributed by atoms with E-state index in [1.807, 2.05) is 24.3 Å². The lowest BCUT2D eigenvalue weighted by Gasteiger charge is -2.16. The van der Waals surface area contributed by atoms with E-state index in [0.29, 0.717) is 19.0 Å². The molecule has 1 fully saturated rings. The largest absolute Gasteiger partial charge is 0.476 e. The Bertz CT molecular complexity index is 595. The van der Waals surface area contributed by atoms with Crippen molar-refractivity contribution in [3.63, 3.8) is 0 Å². The van der Waals surface area contributed by atoms with Gasteiger partial charge in [0.05, 0.1) is 5.69 Å². The van der Waals surface area contributed by atoms with E-state index in [2.05, 4.69) is 23.0 Å². The Labute approximate surface area is 119 Å². The Morgan fingerprint density at radius 2 is 2.15 bits per heavy atom. The summed E-state index contributed by atoms with van der Waals surface area (Å²) in [7, 11) is 2.16. The molecule has 2 aromatic rings. The molecule has 0 radical (unpaired) electrons. The number of aromatic nitrogens is 1. The predicted octanol–water partition coefficient (Wildman–Crippen LogP) is 2.17. The quantitative estimate of drug-likeness (QED) is 0.875. The lowest BCUT2D eigenvalue weighted by atomic mass is 10.1. The van der Waals surface area contributed by atoms with E-state index in [1.54, 1.807) is 0 Å². The van der Waals surface area contributed by atoms with Crippen molar-refractivity contribution in [2.75, 3.05) is 20.2 Å². The van der Waals surface area contributed by atoms with Crippen molar-refractivity contribution in [3.05, 3.63) is 36.0 Å². The molecule has 106 valence electrons. The number of hydrogen-bond donors (Lipinski definition) is 1. The van der Waals surface area contributed by atoms with Crippen molar-refractivity contribution in [1.29, 1.82) is 0 Å². The van der Waals surface area contributed by atoms with Gasteiger partial charge in [-0.3, -0.25) is 0 Å². The van der Waals surface area contributed by atoms with Gasteiger partial charge >= 0.3 is 0 Å². The highest BCUT2D eigenvalue weighted by atomic mass is 16.5. The fourth-order valence-corrected chi connectivity index (χ4v) is 2.42. The highest BCUT2D eigenvalue weighted by Gasteiger charge is 2.25. The van der Waals surface area contributed by atoms with Gasteiger partial charge in [0.25, 0.3) is 0 Å². The van der Waals surface area contributed by atoms with Gasteiger partial charge in [-0.25, -0.2) is 4.98 Å². The number of likely N-dealkylation sites (N-methyl/N-ethyl adjacent to an activating group) is 1. The van der Waals surface area contributed by atoms with Crippen LogP contribution in [0.25, 0.3) is 10.8 Å². The van der Waals surface area contributed by atoms with E-state index in [1.165, 1.54) is 12.8 Å². The number of nitrogens with zero attached hydrogens (tertiary/aromatic N) is 2. The molecular formula is C16H21N3O. The number of hydrogen-bond acceptors (Lipinski definition) is 4. The van der Waals surface area contributed by atoms with Gasteiger partial charge in [-0.05, 0) is 37.4 Å². The monoisotopic (exact) mass is 271 g/mol. The Morgan fingerprint density at radius 3 is 2.90 bits per heavy atom. The molecule has 20 heavy (non-hydrogen) atoms. The maximum Gasteiger partial charge on any atom is 0.221 e. The number of ether oxygens (including phenoxy) is 1. The van der Waals surface area contributed by atoms with Crippen molar-refractivity contribution in [2.45, 2.75) is 25.4 Å². The van der Waals surface area contributed by atoms with Crippen LogP contribution in [0.2, 0.25) is 0 Å². The molecule has 0 spiro atoms. The summed E-state index contributed by atoms with van der Waals surface area (Å²) >= 11 is 0. The predicted molar refractivity (Wildman–Crippen MR) is 80.8 cm³/mol. The summed E-state index contributed by atoms with van der Waals surface area (Å²) in [4.78, 5) is 6.87. The van der Waals surface area contributed by atoms with E-state index in [-0.39, 0.29) is 0 Å². The average molecular weight is 271 g/mol. The third-order valence-corrected chi connectivity index (χ3v) is 3.82. The lowest BCUT2D eigenvalue weighted by Crippen LogP contribution is -2.26. The van der Waals surface area contributed by atoms with E-state index >= 15 is 0 Å². The van der Waals surface area contributed by atoms with Crippen LogP contribution in [0.3, 0.4) is 0 Å². The van der Waals surface area contributed by atoms with Crippen LogP contribution < -0.4 is 10.5 Å². The number of benzene rings is 1. The number of rotatable bonds is 6. The molecule has 3 rings (SSSR count). The summed E-state index contributed by atoms with van der Waals surface area (Å²) in [6.07, 6.45) is 2.64. The normalized spacial score (nSPS) is 14.9. The minimum absolute atomic E-state index is 0.434. The number of pyridine rings is 1. The molecule has 1 aliphatic rings. The van der Waals surface area contributed by atoms with Crippen LogP contribution in [0.5, 0.6) is 5.88 Å². The molecular weight excluding hydrogens is 250 g/mol. The van der Waals surface area contributed by atoms with Crippen LogP contribution in [-0.4, -0.2) is 36.1 Å². The first kappa shape index (κ1) is 13.3. The van der Waals surface area contributed by atoms with Crippen molar-refractivity contribution in [3.8, 4) is 5.88 Å². The molecule has 4 nitrogen and oxygen atoms in total. The molecule has 1 aliphatic carbocycles. The maximum atomic E-state index is 5.90. The number of nitrogens with two attached hydrogens (primary N) is 1. The average Bonchev–Trinajstić information content (AvgIpc) is 3.31. The van der Waals surface area contributed by atoms with E-state index in [4.69, 9.17) is 10.5 Å². The molecule has 0 amide bonds. The third kappa shape index (κ3) is 2.92. The second-order valence-corrected chi connectivity index (χ2v) is 5.40. The molecule has 2 N–H and O–H groups in total. The van der Waals surface area contributed by atoms with Gasteiger partial charge in [0.15, 0.2) is 0 Å². The lowest BCUT2D eigenvalue weighted by molar-refractivity contribution is 0.228. The molecule has 0 bridgehead atoms. The molecule has 0 saturated heterocycles. The van der Waals surface area contributed by atoms with E-state index in [9.17, 15) is 0 Å². The smallest absolute Gasteiger partial charge is 0.221 e. The summed E-state index contributed by atoms with van der Waals surface area (Å²) < 4.78 is 5.90. The second kappa shape index (κ2) is 5.77. The van der Waals surface area contributed by atoms with Crippen molar-refractivity contribution in [1.82, 2.24) is 9.88 Å². The Hall–Kier alpha value is -1.65. The van der Waals surface area contributed by atoms with Gasteiger partial charge in [0.2, 0.25) is 5.88 Å². The van der Waals surface area contributed by atoms with E-state index < -0.39 is 0 Å². The van der Waals surface area contributed by atoms with Crippen LogP contribution in [0.4, 0.5) is 0 Å². The molecule has 1 aromatic heterocycles. The Kier molecular flexibility index (Phi) is 3.85. The molecule has 0 unspecified atom stereocenters. The molecule has 1 saturated carbocycles. The standard InChI is InChI=1S/C16H21N3O/c1-19(14-6-7-14)8-9-20-16-15-5-3-2-4-12(15)10-13(11-17)18-16/h2-5,10,14H,6-9,11,17H2,1H3. The highest BCUT2D eigenvalue weighted by molar-refractivity contribution is 5.87. The fraction of sp³-hybridized carbons (Fsp3) is 0.438. The zero-order chi connectivity index (χ0) is 13.9. The first-order valence-corrected chi connectivity index (χ1v) is 7.19. The Morgan fingerprint density at radius 1 is 1.35 bits per heavy atom. The SMILES string of the molecule is CN(CCOc1nc(CN)cc2ccccc12)C1CC1.